The molecule has 3 heteroatoms. The number of rotatable bonds is 5. The minimum atomic E-state index is -0.0971. The molecule has 0 aromatic heterocycles. The Bertz CT molecular complexity index is 552. The Labute approximate surface area is 141 Å². The van der Waals surface area contributed by atoms with E-state index in [0.717, 1.165) is 24.1 Å². The summed E-state index contributed by atoms with van der Waals surface area (Å²) in [7, 11) is 0. The smallest absolute Gasteiger partial charge is 0.140 e. The van der Waals surface area contributed by atoms with Crippen LogP contribution in [0.5, 0.6) is 5.75 Å². The van der Waals surface area contributed by atoms with E-state index in [4.69, 9.17) is 4.74 Å². The van der Waals surface area contributed by atoms with Gasteiger partial charge in [0.05, 0.1) is 0 Å². The molecule has 1 fully saturated rings. The summed E-state index contributed by atoms with van der Waals surface area (Å²) in [5, 5.41) is 14.2. The Balaban J connectivity index is 2.33. The van der Waals surface area contributed by atoms with Crippen LogP contribution in [-0.4, -0.2) is 17.9 Å². The molecule has 1 aromatic rings. The fourth-order valence-corrected chi connectivity index (χ4v) is 2.80. The number of phenols is 1. The summed E-state index contributed by atoms with van der Waals surface area (Å²) in [5.74, 6) is 0.398. The molecule has 1 heterocycles. The van der Waals surface area contributed by atoms with Gasteiger partial charge in [0.1, 0.15) is 18.1 Å². The van der Waals surface area contributed by atoms with Gasteiger partial charge >= 0.3 is 0 Å². The number of epoxide rings is 1. The maximum Gasteiger partial charge on any atom is 0.140 e. The summed E-state index contributed by atoms with van der Waals surface area (Å²) in [6.07, 6.45) is 2.32. The molecule has 0 bridgehead atoms. The summed E-state index contributed by atoms with van der Waals surface area (Å²) in [6.45, 7) is 16.2. The quantitative estimate of drug-likeness (QED) is 0.607. The molecular weight excluding hydrogens is 286 g/mol. The number of ether oxygens (including phenoxy) is 1. The van der Waals surface area contributed by atoms with Crippen molar-refractivity contribution in [1.29, 1.82) is 0 Å². The van der Waals surface area contributed by atoms with Crippen LogP contribution in [0.25, 0.3) is 0 Å². The summed E-state index contributed by atoms with van der Waals surface area (Å²) in [4.78, 5) is 0. The number of hydrogen-bond acceptors (Lipinski definition) is 3. The fourth-order valence-electron chi connectivity index (χ4n) is 2.80. The summed E-state index contributed by atoms with van der Waals surface area (Å²) >= 11 is 0. The van der Waals surface area contributed by atoms with Gasteiger partial charge in [0.25, 0.3) is 0 Å². The molecular formula is C20H33NO2. The first-order chi connectivity index (χ1) is 10.6. The standard InChI is InChI=1S/C20H33NO2/c1-8-9-10-21-18-17(23-18)14-11-13(19(2,3)4)12-15(16(14)22)20(5,6)7/h11-12,17-18,21-22H,8-10H2,1-7H3. The number of hydrogen-bond donors (Lipinski definition) is 2. The second kappa shape index (κ2) is 6.45. The molecule has 1 aliphatic rings. The topological polar surface area (TPSA) is 44.8 Å². The zero-order valence-electron chi connectivity index (χ0n) is 15.8. The predicted molar refractivity (Wildman–Crippen MR) is 96.0 cm³/mol. The lowest BCUT2D eigenvalue weighted by molar-refractivity contribution is 0.341. The first-order valence-corrected chi connectivity index (χ1v) is 8.82. The van der Waals surface area contributed by atoms with Gasteiger partial charge in [0.2, 0.25) is 0 Å². The zero-order chi connectivity index (χ0) is 17.4. The van der Waals surface area contributed by atoms with E-state index in [9.17, 15) is 5.11 Å². The Morgan fingerprint density at radius 1 is 1.09 bits per heavy atom. The molecule has 0 saturated carbocycles. The third-order valence-corrected chi connectivity index (χ3v) is 4.49. The van der Waals surface area contributed by atoms with Crippen molar-refractivity contribution < 1.29 is 9.84 Å². The molecule has 2 rings (SSSR count). The second-order valence-electron chi connectivity index (χ2n) is 8.75. The third kappa shape index (κ3) is 4.27. The maximum atomic E-state index is 10.8. The largest absolute Gasteiger partial charge is 0.507 e. The normalized spacial score (nSPS) is 21.5. The number of nitrogens with one attached hydrogen (secondary N) is 1. The van der Waals surface area contributed by atoms with E-state index in [1.807, 2.05) is 0 Å². The summed E-state index contributed by atoms with van der Waals surface area (Å²) in [5.41, 5.74) is 3.12. The highest BCUT2D eigenvalue weighted by Crippen LogP contribution is 2.46. The SMILES string of the molecule is CCCCNC1OC1c1cc(C(C)(C)C)cc(C(C)(C)C)c1O. The molecule has 130 valence electrons. The molecule has 0 spiro atoms. The predicted octanol–water partition coefficient (Wildman–Crippen LogP) is 4.77. The van der Waals surface area contributed by atoms with E-state index >= 15 is 0 Å². The molecule has 0 radical (unpaired) electrons. The minimum Gasteiger partial charge on any atom is -0.507 e. The Hall–Kier alpha value is -1.06. The van der Waals surface area contributed by atoms with Gasteiger partial charge in [-0.1, -0.05) is 61.0 Å². The number of benzene rings is 1. The molecule has 1 saturated heterocycles. The van der Waals surface area contributed by atoms with Gasteiger partial charge in [0.15, 0.2) is 0 Å². The molecule has 3 nitrogen and oxygen atoms in total. The van der Waals surface area contributed by atoms with Crippen molar-refractivity contribution in [3.8, 4) is 5.75 Å². The lowest BCUT2D eigenvalue weighted by Gasteiger charge is -2.27. The molecule has 1 aromatic carbocycles. The average Bonchev–Trinajstić information content (AvgIpc) is 3.16. The van der Waals surface area contributed by atoms with Gasteiger partial charge in [-0.2, -0.15) is 0 Å². The fraction of sp³-hybridized carbons (Fsp3) is 0.700. The van der Waals surface area contributed by atoms with Gasteiger partial charge in [-0.15, -0.1) is 0 Å². The van der Waals surface area contributed by atoms with E-state index in [-0.39, 0.29) is 23.2 Å². The van der Waals surface area contributed by atoms with Crippen LogP contribution in [0, 0.1) is 0 Å². The molecule has 1 aliphatic heterocycles. The second-order valence-corrected chi connectivity index (χ2v) is 8.75. The lowest BCUT2D eigenvalue weighted by atomic mass is 9.78. The first-order valence-electron chi connectivity index (χ1n) is 8.82. The van der Waals surface area contributed by atoms with Crippen LogP contribution in [0.4, 0.5) is 0 Å². The van der Waals surface area contributed by atoms with Crippen molar-refractivity contribution in [2.45, 2.75) is 84.5 Å². The van der Waals surface area contributed by atoms with E-state index in [2.05, 4.69) is 65.9 Å². The molecule has 2 unspecified atom stereocenters. The molecule has 0 aliphatic carbocycles. The highest BCUT2D eigenvalue weighted by Gasteiger charge is 2.43. The highest BCUT2D eigenvalue weighted by molar-refractivity contribution is 5.50. The molecule has 2 N–H and O–H groups in total. The van der Waals surface area contributed by atoms with Crippen LogP contribution in [-0.2, 0) is 15.6 Å². The zero-order valence-corrected chi connectivity index (χ0v) is 15.8. The number of aromatic hydroxyl groups is 1. The van der Waals surface area contributed by atoms with Crippen molar-refractivity contribution in [3.05, 3.63) is 28.8 Å². The van der Waals surface area contributed by atoms with Crippen molar-refractivity contribution in [3.63, 3.8) is 0 Å². The molecule has 23 heavy (non-hydrogen) atoms. The van der Waals surface area contributed by atoms with Crippen molar-refractivity contribution in [2.75, 3.05) is 6.54 Å². The first kappa shape index (κ1) is 18.3. The highest BCUT2D eigenvalue weighted by atomic mass is 16.6. The number of phenolic OH excluding ortho intramolecular Hbond substituents is 1. The van der Waals surface area contributed by atoms with Gasteiger partial charge in [0, 0.05) is 5.56 Å². The number of unbranched alkanes of at least 4 members (excludes halogenated alkanes) is 1. The molecule has 2 atom stereocenters. The minimum absolute atomic E-state index is 0.0322. The van der Waals surface area contributed by atoms with Crippen LogP contribution < -0.4 is 5.32 Å². The average molecular weight is 319 g/mol. The van der Waals surface area contributed by atoms with E-state index in [1.165, 1.54) is 12.0 Å². The molecule has 0 amide bonds. The van der Waals surface area contributed by atoms with Crippen molar-refractivity contribution in [2.24, 2.45) is 0 Å². The monoisotopic (exact) mass is 319 g/mol. The lowest BCUT2D eigenvalue weighted by Crippen LogP contribution is -2.20. The van der Waals surface area contributed by atoms with Crippen LogP contribution in [0.3, 0.4) is 0 Å². The van der Waals surface area contributed by atoms with Gasteiger partial charge < -0.3 is 9.84 Å². The Morgan fingerprint density at radius 3 is 2.26 bits per heavy atom. The van der Waals surface area contributed by atoms with Gasteiger partial charge in [-0.25, -0.2) is 0 Å². The third-order valence-electron chi connectivity index (χ3n) is 4.49. The summed E-state index contributed by atoms with van der Waals surface area (Å²) in [6, 6.07) is 4.28. The van der Waals surface area contributed by atoms with Crippen molar-refractivity contribution in [1.82, 2.24) is 5.32 Å². The van der Waals surface area contributed by atoms with Crippen LogP contribution in [0.2, 0.25) is 0 Å². The van der Waals surface area contributed by atoms with Gasteiger partial charge in [-0.3, -0.25) is 5.32 Å². The summed E-state index contributed by atoms with van der Waals surface area (Å²) < 4.78 is 5.79. The Kier molecular flexibility index (Phi) is 5.12. The van der Waals surface area contributed by atoms with Gasteiger partial charge in [-0.05, 0) is 41.0 Å². The Morgan fingerprint density at radius 2 is 1.74 bits per heavy atom. The van der Waals surface area contributed by atoms with Crippen molar-refractivity contribution >= 4 is 0 Å². The van der Waals surface area contributed by atoms with E-state index in [0.29, 0.717) is 5.75 Å². The van der Waals surface area contributed by atoms with E-state index < -0.39 is 0 Å². The van der Waals surface area contributed by atoms with Crippen LogP contribution in [0.15, 0.2) is 12.1 Å². The van der Waals surface area contributed by atoms with Crippen LogP contribution in [0.1, 0.15) is 84.1 Å². The van der Waals surface area contributed by atoms with E-state index in [1.54, 1.807) is 0 Å². The maximum absolute atomic E-state index is 10.8. The van der Waals surface area contributed by atoms with Crippen LogP contribution >= 0.6 is 0 Å².